The number of carbonyl (C=O) groups excluding carboxylic acids is 2. The van der Waals surface area contributed by atoms with Gasteiger partial charge in [0, 0.05) is 59.7 Å². The number of aromatic nitrogens is 3. The van der Waals surface area contributed by atoms with E-state index in [0.29, 0.717) is 50.9 Å². The summed E-state index contributed by atoms with van der Waals surface area (Å²) in [4.78, 5) is 45.9. The first-order valence-corrected chi connectivity index (χ1v) is 12.1. The minimum atomic E-state index is -0.0536. The van der Waals surface area contributed by atoms with E-state index in [2.05, 4.69) is 0 Å². The number of aryl methyl sites for hydroxylation is 1. The van der Waals surface area contributed by atoms with Crippen LogP contribution in [0.4, 0.5) is 0 Å². The van der Waals surface area contributed by atoms with Crippen LogP contribution in [0.3, 0.4) is 0 Å². The third kappa shape index (κ3) is 5.09. The summed E-state index contributed by atoms with van der Waals surface area (Å²) in [6.07, 6.45) is 7.32. The van der Waals surface area contributed by atoms with Crippen molar-refractivity contribution in [3.8, 4) is 0 Å². The van der Waals surface area contributed by atoms with E-state index in [-0.39, 0.29) is 23.4 Å². The Morgan fingerprint density at radius 3 is 2.41 bits per heavy atom. The van der Waals surface area contributed by atoms with Gasteiger partial charge in [0.1, 0.15) is 0 Å². The van der Waals surface area contributed by atoms with Crippen molar-refractivity contribution in [2.75, 3.05) is 39.9 Å². The molecular formula is C25H35N5O4. The van der Waals surface area contributed by atoms with Gasteiger partial charge < -0.3 is 14.5 Å². The zero-order valence-corrected chi connectivity index (χ0v) is 20.4. The molecule has 2 aliphatic rings. The molecule has 184 valence electrons. The zero-order valence-electron chi connectivity index (χ0n) is 20.4. The normalized spacial score (nSPS) is 21.5. The lowest BCUT2D eigenvalue weighted by Crippen LogP contribution is -2.51. The first-order chi connectivity index (χ1) is 16.4. The highest BCUT2D eigenvalue weighted by Gasteiger charge is 2.32. The molecule has 34 heavy (non-hydrogen) atoms. The number of ether oxygens (including phenoxy) is 1. The van der Waals surface area contributed by atoms with Crippen molar-refractivity contribution < 1.29 is 14.3 Å². The molecule has 9 heteroatoms. The molecule has 2 amide bonds. The summed E-state index contributed by atoms with van der Waals surface area (Å²) in [5.74, 6) is 0.679. The highest BCUT2D eigenvalue weighted by Crippen LogP contribution is 2.31. The molecule has 0 spiro atoms. The monoisotopic (exact) mass is 469 g/mol. The first kappa shape index (κ1) is 24.2. The number of rotatable bonds is 6. The van der Waals surface area contributed by atoms with Gasteiger partial charge in [0.2, 0.25) is 11.8 Å². The van der Waals surface area contributed by atoms with Gasteiger partial charge in [0.25, 0.3) is 0 Å². The third-order valence-corrected chi connectivity index (χ3v) is 7.24. The molecule has 4 rings (SSSR count). The van der Waals surface area contributed by atoms with E-state index in [0.717, 1.165) is 36.9 Å². The number of pyridine rings is 1. The van der Waals surface area contributed by atoms with Crippen LogP contribution in [0.15, 0.2) is 23.0 Å². The van der Waals surface area contributed by atoms with Gasteiger partial charge in [-0.15, -0.1) is 0 Å². The van der Waals surface area contributed by atoms with Crippen LogP contribution >= 0.6 is 0 Å². The van der Waals surface area contributed by atoms with E-state index in [4.69, 9.17) is 9.72 Å². The van der Waals surface area contributed by atoms with Gasteiger partial charge in [0.05, 0.1) is 17.8 Å². The summed E-state index contributed by atoms with van der Waals surface area (Å²) in [6.45, 7) is 5.19. The maximum atomic E-state index is 13.0. The highest BCUT2D eigenvalue weighted by atomic mass is 16.5. The molecule has 1 aliphatic heterocycles. The summed E-state index contributed by atoms with van der Waals surface area (Å²) in [5, 5.41) is 0. The molecule has 0 bridgehead atoms. The molecule has 1 saturated carbocycles. The van der Waals surface area contributed by atoms with E-state index in [1.165, 1.54) is 0 Å². The predicted octanol–water partition coefficient (Wildman–Crippen LogP) is 1.89. The van der Waals surface area contributed by atoms with Crippen molar-refractivity contribution >= 4 is 29.1 Å². The van der Waals surface area contributed by atoms with Crippen LogP contribution in [0.1, 0.15) is 38.3 Å². The van der Waals surface area contributed by atoms with Crippen molar-refractivity contribution in [3.05, 3.63) is 34.4 Å². The quantitative estimate of drug-likeness (QED) is 0.645. The average Bonchev–Trinajstić information content (AvgIpc) is 3.08. The lowest BCUT2D eigenvalue weighted by Gasteiger charge is -2.37. The van der Waals surface area contributed by atoms with Gasteiger partial charge in [0.15, 0.2) is 5.65 Å². The second-order valence-electron chi connectivity index (χ2n) is 9.44. The van der Waals surface area contributed by atoms with Gasteiger partial charge in [-0.3, -0.25) is 18.7 Å². The maximum Gasteiger partial charge on any atom is 0.330 e. The lowest BCUT2D eigenvalue weighted by atomic mass is 9.81. The van der Waals surface area contributed by atoms with E-state index in [1.807, 2.05) is 29.2 Å². The molecule has 1 saturated heterocycles. The molecule has 0 radical (unpaired) electrons. The fraction of sp³-hybridized carbons (Fsp3) is 0.600. The number of carbonyl (C=O) groups is 2. The number of piperazine rings is 1. The van der Waals surface area contributed by atoms with Crippen LogP contribution in [-0.2, 0) is 27.9 Å². The van der Waals surface area contributed by atoms with Crippen molar-refractivity contribution in [1.29, 1.82) is 0 Å². The van der Waals surface area contributed by atoms with Crippen molar-refractivity contribution in [2.45, 2.75) is 39.2 Å². The molecular weight excluding hydrogens is 434 g/mol. The second kappa shape index (κ2) is 10.5. The first-order valence-electron chi connectivity index (χ1n) is 12.1. The van der Waals surface area contributed by atoms with Gasteiger partial charge in [-0.05, 0) is 49.8 Å². The van der Waals surface area contributed by atoms with E-state index < -0.39 is 0 Å². The lowest BCUT2D eigenvalue weighted by molar-refractivity contribution is -0.142. The Kier molecular flexibility index (Phi) is 7.50. The van der Waals surface area contributed by atoms with Crippen LogP contribution in [0.2, 0.25) is 0 Å². The number of imidazole rings is 1. The molecule has 0 N–H and O–H groups in total. The summed E-state index contributed by atoms with van der Waals surface area (Å²) in [6, 6.07) is 3.85. The van der Waals surface area contributed by atoms with Gasteiger partial charge in [-0.1, -0.05) is 6.08 Å². The molecule has 2 fully saturated rings. The minimum Gasteiger partial charge on any atom is -0.381 e. The Hall–Kier alpha value is -2.94. The standard InChI is InChI=1S/C25H35N5O4/c1-18(31)28-12-14-29(15-13-28)24(32)20-8-6-19(7-9-20)17-30-23-22(27(2)25(30)33)11-10-21(26-23)5-4-16-34-3/h4-5,10-11,19-20H,6-9,12-17H2,1-3H3. The van der Waals surface area contributed by atoms with E-state index in [1.54, 1.807) is 35.1 Å². The van der Waals surface area contributed by atoms with Gasteiger partial charge >= 0.3 is 5.69 Å². The van der Waals surface area contributed by atoms with Crippen LogP contribution in [0.5, 0.6) is 0 Å². The molecule has 2 aromatic rings. The summed E-state index contributed by atoms with van der Waals surface area (Å²) in [5.41, 5.74) is 2.27. The number of fused-ring (bicyclic) bond motifs is 1. The summed E-state index contributed by atoms with van der Waals surface area (Å²) in [7, 11) is 3.43. The van der Waals surface area contributed by atoms with Crippen LogP contribution < -0.4 is 5.69 Å². The molecule has 2 aromatic heterocycles. The fourth-order valence-corrected chi connectivity index (χ4v) is 5.16. The smallest absolute Gasteiger partial charge is 0.330 e. The van der Waals surface area contributed by atoms with Crippen LogP contribution in [0, 0.1) is 11.8 Å². The fourth-order valence-electron chi connectivity index (χ4n) is 5.16. The molecule has 9 nitrogen and oxygen atoms in total. The number of methoxy groups -OCH3 is 1. The average molecular weight is 470 g/mol. The number of nitrogens with zero attached hydrogens (tertiary/aromatic N) is 5. The van der Waals surface area contributed by atoms with Crippen molar-refractivity contribution in [2.24, 2.45) is 18.9 Å². The highest BCUT2D eigenvalue weighted by molar-refractivity contribution is 5.79. The Labute approximate surface area is 200 Å². The predicted molar refractivity (Wildman–Crippen MR) is 130 cm³/mol. The minimum absolute atomic E-state index is 0.0417. The van der Waals surface area contributed by atoms with Crippen molar-refractivity contribution in [1.82, 2.24) is 23.9 Å². The topological polar surface area (TPSA) is 89.7 Å². The van der Waals surface area contributed by atoms with Gasteiger partial charge in [-0.25, -0.2) is 9.78 Å². The van der Waals surface area contributed by atoms with E-state index >= 15 is 0 Å². The second-order valence-corrected chi connectivity index (χ2v) is 9.44. The van der Waals surface area contributed by atoms with Gasteiger partial charge in [-0.2, -0.15) is 0 Å². The molecule has 0 atom stereocenters. The zero-order chi connectivity index (χ0) is 24.2. The Morgan fingerprint density at radius 1 is 1.09 bits per heavy atom. The Morgan fingerprint density at radius 2 is 1.76 bits per heavy atom. The third-order valence-electron chi connectivity index (χ3n) is 7.24. The SMILES string of the molecule is COCC=Cc1ccc2c(n1)n(CC1CCC(C(=O)N3CCN(C(C)=O)CC3)CC1)c(=O)n2C. The summed E-state index contributed by atoms with van der Waals surface area (Å²) >= 11 is 0. The maximum absolute atomic E-state index is 13.0. The van der Waals surface area contributed by atoms with Crippen LogP contribution in [0.25, 0.3) is 17.2 Å². The number of amides is 2. The Balaban J connectivity index is 1.39. The van der Waals surface area contributed by atoms with E-state index in [9.17, 15) is 14.4 Å². The molecule has 3 heterocycles. The number of hydrogen-bond donors (Lipinski definition) is 0. The molecule has 0 aromatic carbocycles. The molecule has 1 aliphatic carbocycles. The van der Waals surface area contributed by atoms with Crippen molar-refractivity contribution in [3.63, 3.8) is 0 Å². The Bertz CT molecular complexity index is 1120. The number of hydrogen-bond acceptors (Lipinski definition) is 5. The summed E-state index contributed by atoms with van der Waals surface area (Å²) < 4.78 is 8.50. The molecule has 0 unspecified atom stereocenters. The van der Waals surface area contributed by atoms with Crippen LogP contribution in [-0.4, -0.2) is 75.6 Å². The largest absolute Gasteiger partial charge is 0.381 e.